The number of ketones is 1. The maximum atomic E-state index is 12.2. The number of benzene rings is 1. The van der Waals surface area contributed by atoms with Crippen molar-refractivity contribution in [3.8, 4) is 0 Å². The molecule has 0 N–H and O–H groups in total. The highest BCUT2D eigenvalue weighted by atomic mass is 35.5. The first-order chi connectivity index (χ1) is 11.0. The molecule has 0 saturated carbocycles. The lowest BCUT2D eigenvalue weighted by Crippen LogP contribution is -2.32. The van der Waals surface area contributed by atoms with Crippen LogP contribution < -0.4 is 4.90 Å². The van der Waals surface area contributed by atoms with Gasteiger partial charge in [0.25, 0.3) is 0 Å². The SMILES string of the molecule is C[C@H](OC(=O)CN(C)c1ncccn1)C(=O)c1ccc(Cl)cc1. The van der Waals surface area contributed by atoms with Gasteiger partial charge in [-0.15, -0.1) is 0 Å². The normalized spacial score (nSPS) is 11.6. The lowest BCUT2D eigenvalue weighted by atomic mass is 10.1. The minimum Gasteiger partial charge on any atom is -0.453 e. The van der Waals surface area contributed by atoms with E-state index in [4.69, 9.17) is 16.3 Å². The van der Waals surface area contributed by atoms with E-state index in [9.17, 15) is 9.59 Å². The first-order valence-corrected chi connectivity index (χ1v) is 7.32. The van der Waals surface area contributed by atoms with Crippen LogP contribution in [-0.2, 0) is 9.53 Å². The number of rotatable bonds is 6. The summed E-state index contributed by atoms with van der Waals surface area (Å²) >= 11 is 5.78. The standard InChI is InChI=1S/C16H16ClN3O3/c1-11(15(22)12-4-6-13(17)7-5-12)23-14(21)10-20(2)16-18-8-3-9-19-16/h3-9,11H,10H2,1-2H3/t11-/m0/s1. The fourth-order valence-corrected chi connectivity index (χ4v) is 2.02. The van der Waals surface area contributed by atoms with Crippen molar-refractivity contribution in [1.82, 2.24) is 9.97 Å². The van der Waals surface area contributed by atoms with E-state index in [1.807, 2.05) is 0 Å². The zero-order valence-electron chi connectivity index (χ0n) is 12.8. The predicted octanol–water partition coefficient (Wildman–Crippen LogP) is 2.38. The molecule has 0 bridgehead atoms. The third-order valence-electron chi connectivity index (χ3n) is 3.07. The van der Waals surface area contributed by atoms with Crippen LogP contribution in [0.15, 0.2) is 42.7 Å². The van der Waals surface area contributed by atoms with Crippen LogP contribution in [0.5, 0.6) is 0 Å². The van der Waals surface area contributed by atoms with Crippen LogP contribution in [0.1, 0.15) is 17.3 Å². The molecule has 0 radical (unpaired) electrons. The number of aromatic nitrogens is 2. The summed E-state index contributed by atoms with van der Waals surface area (Å²) in [5.41, 5.74) is 0.439. The largest absolute Gasteiger partial charge is 0.453 e. The summed E-state index contributed by atoms with van der Waals surface area (Å²) in [5, 5.41) is 0.538. The molecule has 7 heteroatoms. The highest BCUT2D eigenvalue weighted by Gasteiger charge is 2.20. The second-order valence-corrected chi connectivity index (χ2v) is 5.34. The molecule has 1 atom stereocenters. The number of carbonyl (C=O) groups is 2. The Morgan fingerprint density at radius 2 is 1.83 bits per heavy atom. The van der Waals surface area contributed by atoms with Crippen LogP contribution in [0.4, 0.5) is 5.95 Å². The maximum Gasteiger partial charge on any atom is 0.326 e. The van der Waals surface area contributed by atoms with Crippen molar-refractivity contribution in [2.75, 3.05) is 18.5 Å². The molecule has 6 nitrogen and oxygen atoms in total. The van der Waals surface area contributed by atoms with Gasteiger partial charge in [0.15, 0.2) is 6.10 Å². The number of carbonyl (C=O) groups excluding carboxylic acids is 2. The Kier molecular flexibility index (Phi) is 5.65. The number of halogens is 1. The van der Waals surface area contributed by atoms with Gasteiger partial charge in [0, 0.05) is 30.0 Å². The van der Waals surface area contributed by atoms with Gasteiger partial charge in [-0.05, 0) is 37.3 Å². The van der Waals surface area contributed by atoms with Gasteiger partial charge in [-0.3, -0.25) is 9.59 Å². The summed E-state index contributed by atoms with van der Waals surface area (Å²) in [5.74, 6) is -0.412. The number of nitrogens with zero attached hydrogens (tertiary/aromatic N) is 3. The van der Waals surface area contributed by atoms with Gasteiger partial charge in [0.2, 0.25) is 11.7 Å². The molecule has 0 saturated heterocycles. The van der Waals surface area contributed by atoms with E-state index >= 15 is 0 Å². The fourth-order valence-electron chi connectivity index (χ4n) is 1.89. The maximum absolute atomic E-state index is 12.2. The third kappa shape index (κ3) is 4.75. The fraction of sp³-hybridized carbons (Fsp3) is 0.250. The third-order valence-corrected chi connectivity index (χ3v) is 3.32. The highest BCUT2D eigenvalue weighted by molar-refractivity contribution is 6.30. The average molecular weight is 334 g/mol. The smallest absolute Gasteiger partial charge is 0.326 e. The van der Waals surface area contributed by atoms with Gasteiger partial charge >= 0.3 is 5.97 Å². The summed E-state index contributed by atoms with van der Waals surface area (Å²) in [6.45, 7) is 1.48. The minimum absolute atomic E-state index is 0.0533. The summed E-state index contributed by atoms with van der Waals surface area (Å²) < 4.78 is 5.17. The Labute approximate surface area is 139 Å². The van der Waals surface area contributed by atoms with Crippen molar-refractivity contribution in [2.45, 2.75) is 13.0 Å². The van der Waals surface area contributed by atoms with E-state index in [2.05, 4.69) is 9.97 Å². The first-order valence-electron chi connectivity index (χ1n) is 6.95. The van der Waals surface area contributed by atoms with E-state index in [1.54, 1.807) is 54.7 Å². The van der Waals surface area contributed by atoms with Gasteiger partial charge in [0.05, 0.1) is 0 Å². The van der Waals surface area contributed by atoms with Crippen molar-refractivity contribution in [3.05, 3.63) is 53.3 Å². The molecule has 0 spiro atoms. The molecule has 0 amide bonds. The molecule has 0 aliphatic heterocycles. The number of Topliss-reactive ketones (excluding diaryl/α,β-unsaturated/α-hetero) is 1. The number of ether oxygens (including phenoxy) is 1. The number of anilines is 1. The Balaban J connectivity index is 1.91. The minimum atomic E-state index is -0.881. The molecule has 1 aromatic heterocycles. The van der Waals surface area contributed by atoms with Crippen LogP contribution >= 0.6 is 11.6 Å². The summed E-state index contributed by atoms with van der Waals surface area (Å²) in [7, 11) is 1.67. The second-order valence-electron chi connectivity index (χ2n) is 4.91. The summed E-state index contributed by atoms with van der Waals surface area (Å²) in [4.78, 5) is 33.7. The quantitative estimate of drug-likeness (QED) is 0.597. The van der Waals surface area contributed by atoms with E-state index < -0.39 is 12.1 Å². The Morgan fingerprint density at radius 3 is 2.43 bits per heavy atom. The molecule has 23 heavy (non-hydrogen) atoms. The lowest BCUT2D eigenvalue weighted by Gasteiger charge is -2.17. The van der Waals surface area contributed by atoms with Crippen molar-refractivity contribution < 1.29 is 14.3 Å². The molecule has 0 fully saturated rings. The highest BCUT2D eigenvalue weighted by Crippen LogP contribution is 2.12. The van der Waals surface area contributed by atoms with Gasteiger partial charge in [0.1, 0.15) is 6.54 Å². The molecule has 0 aliphatic rings. The Morgan fingerprint density at radius 1 is 1.22 bits per heavy atom. The van der Waals surface area contributed by atoms with Crippen molar-refractivity contribution in [3.63, 3.8) is 0 Å². The molecule has 1 heterocycles. The molecule has 120 valence electrons. The lowest BCUT2D eigenvalue weighted by molar-refractivity contribution is -0.144. The molecular weight excluding hydrogens is 318 g/mol. The van der Waals surface area contributed by atoms with Crippen LogP contribution in [0.3, 0.4) is 0 Å². The average Bonchev–Trinajstić information content (AvgIpc) is 2.55. The van der Waals surface area contributed by atoms with E-state index in [1.165, 1.54) is 6.92 Å². The zero-order chi connectivity index (χ0) is 16.8. The zero-order valence-corrected chi connectivity index (χ0v) is 13.5. The Bertz CT molecular complexity index is 677. The molecular formula is C16H16ClN3O3. The number of hydrogen-bond donors (Lipinski definition) is 0. The predicted molar refractivity (Wildman–Crippen MR) is 86.6 cm³/mol. The summed E-state index contributed by atoms with van der Waals surface area (Å²) in [6.07, 6.45) is 2.28. The van der Waals surface area contributed by atoms with Crippen molar-refractivity contribution in [1.29, 1.82) is 0 Å². The van der Waals surface area contributed by atoms with Gasteiger partial charge < -0.3 is 9.64 Å². The number of hydrogen-bond acceptors (Lipinski definition) is 6. The van der Waals surface area contributed by atoms with Gasteiger partial charge in [-0.25, -0.2) is 9.97 Å². The number of likely N-dealkylation sites (N-methyl/N-ethyl adjacent to an activating group) is 1. The van der Waals surface area contributed by atoms with Crippen molar-refractivity contribution in [2.24, 2.45) is 0 Å². The van der Waals surface area contributed by atoms with E-state index in [0.29, 0.717) is 16.5 Å². The number of esters is 1. The molecule has 0 aliphatic carbocycles. The van der Waals surface area contributed by atoms with Crippen molar-refractivity contribution >= 4 is 29.3 Å². The van der Waals surface area contributed by atoms with E-state index in [-0.39, 0.29) is 12.3 Å². The Hall–Kier alpha value is -2.47. The molecule has 1 aromatic carbocycles. The van der Waals surface area contributed by atoms with Gasteiger partial charge in [-0.2, -0.15) is 0 Å². The van der Waals surface area contributed by atoms with Crippen LogP contribution in [0.2, 0.25) is 5.02 Å². The molecule has 0 unspecified atom stereocenters. The molecule has 2 aromatic rings. The van der Waals surface area contributed by atoms with E-state index in [0.717, 1.165) is 0 Å². The topological polar surface area (TPSA) is 72.4 Å². The second kappa shape index (κ2) is 7.69. The molecule has 2 rings (SSSR count). The monoisotopic (exact) mass is 333 g/mol. The van der Waals surface area contributed by atoms with Crippen LogP contribution in [0, 0.1) is 0 Å². The first kappa shape index (κ1) is 16.9. The van der Waals surface area contributed by atoms with Crippen LogP contribution in [0.25, 0.3) is 0 Å². The van der Waals surface area contributed by atoms with Crippen LogP contribution in [-0.4, -0.2) is 41.4 Å². The van der Waals surface area contributed by atoms with Gasteiger partial charge in [-0.1, -0.05) is 11.6 Å². The summed E-state index contributed by atoms with van der Waals surface area (Å²) in [6, 6.07) is 8.11.